The number of hydrogen-bond acceptors (Lipinski definition) is 6. The van der Waals surface area contributed by atoms with Crippen molar-refractivity contribution in [3.63, 3.8) is 0 Å². The number of hydroxylamine groups is 1. The van der Waals surface area contributed by atoms with Crippen LogP contribution in [0.1, 0.15) is 12.0 Å². The molecule has 134 valence electrons. The summed E-state index contributed by atoms with van der Waals surface area (Å²) in [7, 11) is -4.43. The predicted molar refractivity (Wildman–Crippen MR) is 87.3 cm³/mol. The smallest absolute Gasteiger partial charge is 0.289 e. The molecule has 0 saturated heterocycles. The summed E-state index contributed by atoms with van der Waals surface area (Å²) in [6, 6.07) is 5.06. The highest BCUT2D eigenvalue weighted by atomic mass is 35.6. The molecule has 13 heteroatoms. The zero-order valence-corrected chi connectivity index (χ0v) is 14.9. The summed E-state index contributed by atoms with van der Waals surface area (Å²) in [5.74, 6) is -0.830. The molecule has 1 rings (SSSR count). The van der Waals surface area contributed by atoms with E-state index >= 15 is 0 Å². The van der Waals surface area contributed by atoms with Gasteiger partial charge in [0.2, 0.25) is 5.91 Å². The Morgan fingerprint density at radius 1 is 1.29 bits per heavy atom. The Morgan fingerprint density at radius 3 is 2.25 bits per heavy atom. The summed E-state index contributed by atoms with van der Waals surface area (Å²) >= 11 is 16.4. The van der Waals surface area contributed by atoms with Gasteiger partial charge in [-0.1, -0.05) is 46.9 Å². The zero-order valence-electron chi connectivity index (χ0n) is 11.9. The molecule has 0 aliphatic heterocycles. The van der Waals surface area contributed by atoms with Crippen LogP contribution in [0.15, 0.2) is 24.3 Å². The van der Waals surface area contributed by atoms with Gasteiger partial charge in [0.15, 0.2) is 0 Å². The van der Waals surface area contributed by atoms with E-state index in [0.29, 0.717) is 5.56 Å². The second-order valence-corrected chi connectivity index (χ2v) is 9.53. The van der Waals surface area contributed by atoms with Crippen LogP contribution >= 0.6 is 34.8 Å². The van der Waals surface area contributed by atoms with Crippen LogP contribution in [0.4, 0.5) is 5.69 Å². The molecule has 0 spiro atoms. The van der Waals surface area contributed by atoms with E-state index in [0.717, 1.165) is 4.31 Å². The minimum Gasteiger partial charge on any atom is -0.289 e. The lowest BCUT2D eigenvalue weighted by atomic mass is 10.2. The van der Waals surface area contributed by atoms with E-state index in [1.54, 1.807) is 0 Å². The van der Waals surface area contributed by atoms with Gasteiger partial charge in [0.25, 0.3) is 15.7 Å². The van der Waals surface area contributed by atoms with Crippen molar-refractivity contribution in [2.75, 3.05) is 6.54 Å². The van der Waals surface area contributed by atoms with Gasteiger partial charge in [-0.25, -0.2) is 13.9 Å². The lowest BCUT2D eigenvalue weighted by Gasteiger charge is -2.25. The van der Waals surface area contributed by atoms with Crippen LogP contribution in [0, 0.1) is 10.1 Å². The largest absolute Gasteiger partial charge is 0.306 e. The number of nitrogens with one attached hydrogen (secondary N) is 1. The number of carbonyl (C=O) groups excluding carboxylic acids is 1. The fourth-order valence-electron chi connectivity index (χ4n) is 1.64. The molecular weight excluding hydrogens is 409 g/mol. The zero-order chi connectivity index (χ0) is 18.5. The van der Waals surface area contributed by atoms with E-state index < -0.39 is 24.0 Å². The second kappa shape index (κ2) is 8.28. The third-order valence-corrected chi connectivity index (χ3v) is 6.18. The van der Waals surface area contributed by atoms with Crippen LogP contribution in [0.5, 0.6) is 0 Å². The summed E-state index contributed by atoms with van der Waals surface area (Å²) in [6.07, 6.45) is -0.385. The summed E-state index contributed by atoms with van der Waals surface area (Å²) in [5.41, 5.74) is 1.57. The van der Waals surface area contributed by atoms with Crippen LogP contribution in [0.25, 0.3) is 0 Å². The van der Waals surface area contributed by atoms with Crippen LogP contribution in [-0.2, 0) is 21.4 Å². The van der Waals surface area contributed by atoms with Crippen LogP contribution in [0.2, 0.25) is 0 Å². The fourth-order valence-corrected chi connectivity index (χ4v) is 3.46. The lowest BCUT2D eigenvalue weighted by Crippen LogP contribution is -2.40. The second-order valence-electron chi connectivity index (χ2n) is 4.49. The average Bonchev–Trinajstić information content (AvgIpc) is 2.50. The van der Waals surface area contributed by atoms with Crippen molar-refractivity contribution in [3.05, 3.63) is 39.9 Å². The number of nitro benzene ring substituents is 1. The number of rotatable bonds is 7. The molecule has 0 radical (unpaired) electrons. The maximum Gasteiger partial charge on any atom is 0.306 e. The van der Waals surface area contributed by atoms with Gasteiger partial charge in [0.1, 0.15) is 0 Å². The van der Waals surface area contributed by atoms with Gasteiger partial charge < -0.3 is 0 Å². The number of benzene rings is 1. The summed E-state index contributed by atoms with van der Waals surface area (Å²) < 4.78 is 22.6. The molecule has 0 aromatic heterocycles. The molecular formula is C11H12Cl3N3O6S. The molecule has 0 fully saturated rings. The standard InChI is InChI=1S/C11H12Cl3N3O6S/c12-11(13,14)24(22,23)16(6-5-10(18)15-19)7-8-1-3-9(4-2-8)17(20)21/h1-4,19H,5-7H2,(H,15,18). The highest BCUT2D eigenvalue weighted by Gasteiger charge is 2.42. The molecule has 0 atom stereocenters. The van der Waals surface area contributed by atoms with Crippen LogP contribution < -0.4 is 5.48 Å². The summed E-state index contributed by atoms with van der Waals surface area (Å²) in [6.45, 7) is -0.660. The van der Waals surface area contributed by atoms with Gasteiger partial charge in [0, 0.05) is 31.6 Å². The Balaban J connectivity index is 3.05. The van der Waals surface area contributed by atoms with Crippen molar-refractivity contribution in [1.82, 2.24) is 9.79 Å². The molecule has 1 aromatic carbocycles. The normalized spacial score (nSPS) is 12.2. The topological polar surface area (TPSA) is 130 Å². The summed E-state index contributed by atoms with van der Waals surface area (Å²) in [5, 5.41) is 19.1. The van der Waals surface area contributed by atoms with Crippen LogP contribution in [-0.4, -0.2) is 38.4 Å². The van der Waals surface area contributed by atoms with E-state index in [1.807, 2.05) is 0 Å². The number of sulfonamides is 1. The Labute approximate surface area is 152 Å². The Morgan fingerprint density at radius 2 is 1.83 bits per heavy atom. The monoisotopic (exact) mass is 419 g/mol. The Hall–Kier alpha value is -1.17. The van der Waals surface area contributed by atoms with E-state index in [2.05, 4.69) is 0 Å². The molecule has 0 aliphatic carbocycles. The first-order valence-corrected chi connectivity index (χ1v) is 8.79. The molecule has 0 heterocycles. The SMILES string of the molecule is O=C(CCN(Cc1ccc([N+](=O)[O-])cc1)S(=O)(=O)C(Cl)(Cl)Cl)NO. The molecule has 9 nitrogen and oxygen atoms in total. The number of carbonyl (C=O) groups is 1. The third-order valence-electron chi connectivity index (χ3n) is 2.85. The fraction of sp³-hybridized carbons (Fsp3) is 0.364. The number of hydrogen-bond donors (Lipinski definition) is 2. The number of nitro groups is 1. The minimum atomic E-state index is -4.43. The van der Waals surface area contributed by atoms with Crippen molar-refractivity contribution < 1.29 is 23.3 Å². The van der Waals surface area contributed by atoms with Crippen molar-refractivity contribution in [1.29, 1.82) is 0 Å². The van der Waals surface area contributed by atoms with E-state index in [-0.39, 0.29) is 25.2 Å². The first kappa shape index (κ1) is 20.9. The molecule has 0 saturated carbocycles. The lowest BCUT2D eigenvalue weighted by molar-refractivity contribution is -0.384. The highest BCUT2D eigenvalue weighted by Crippen LogP contribution is 2.36. The maximum atomic E-state index is 12.3. The van der Waals surface area contributed by atoms with Gasteiger partial charge in [-0.2, -0.15) is 4.31 Å². The molecule has 2 N–H and O–H groups in total. The predicted octanol–water partition coefficient (Wildman–Crippen LogP) is 1.95. The van der Waals surface area contributed by atoms with Crippen molar-refractivity contribution >= 4 is 56.4 Å². The third kappa shape index (κ3) is 5.43. The molecule has 24 heavy (non-hydrogen) atoms. The molecule has 0 bridgehead atoms. The minimum absolute atomic E-state index is 0.172. The van der Waals surface area contributed by atoms with Gasteiger partial charge in [0.05, 0.1) is 4.92 Å². The van der Waals surface area contributed by atoms with Gasteiger partial charge in [-0.15, -0.1) is 0 Å². The van der Waals surface area contributed by atoms with Crippen molar-refractivity contribution in [2.45, 2.75) is 16.1 Å². The number of non-ortho nitro benzene ring substituents is 1. The van der Waals surface area contributed by atoms with Gasteiger partial charge in [-0.05, 0) is 5.56 Å². The molecule has 1 amide bonds. The van der Waals surface area contributed by atoms with Gasteiger partial charge in [-0.3, -0.25) is 20.1 Å². The summed E-state index contributed by atoms with van der Waals surface area (Å²) in [4.78, 5) is 21.1. The Bertz CT molecular complexity index is 705. The van der Waals surface area contributed by atoms with Gasteiger partial charge >= 0.3 is 3.12 Å². The Kier molecular flexibility index (Phi) is 7.20. The first-order valence-electron chi connectivity index (χ1n) is 6.21. The highest BCUT2D eigenvalue weighted by molar-refractivity contribution is 7.95. The average molecular weight is 421 g/mol. The van der Waals surface area contributed by atoms with E-state index in [1.165, 1.54) is 29.7 Å². The van der Waals surface area contributed by atoms with E-state index in [4.69, 9.17) is 40.0 Å². The molecule has 0 unspecified atom stereocenters. The van der Waals surface area contributed by atoms with Crippen molar-refractivity contribution in [2.24, 2.45) is 0 Å². The first-order chi connectivity index (χ1) is 11.0. The number of alkyl halides is 3. The maximum absolute atomic E-state index is 12.3. The molecule has 1 aromatic rings. The van der Waals surface area contributed by atoms with E-state index in [9.17, 15) is 23.3 Å². The number of halogens is 3. The molecule has 0 aliphatic rings. The van der Waals surface area contributed by atoms with Crippen molar-refractivity contribution in [3.8, 4) is 0 Å². The quantitative estimate of drug-likeness (QED) is 0.300. The number of amides is 1. The number of nitrogens with zero attached hydrogens (tertiary/aromatic N) is 2. The van der Waals surface area contributed by atoms with Crippen LogP contribution in [0.3, 0.4) is 0 Å².